The number of nitrogen functional groups attached to an aromatic ring is 1. The third kappa shape index (κ3) is 2.91. The minimum atomic E-state index is 0.634. The summed E-state index contributed by atoms with van der Waals surface area (Å²) in [6.45, 7) is 0. The molecule has 6 aromatic rings. The topological polar surface area (TPSA) is 109 Å². The van der Waals surface area contributed by atoms with Crippen molar-refractivity contribution in [2.45, 2.75) is 0 Å². The number of anilines is 1. The molecule has 4 N–H and O–H groups in total. The van der Waals surface area contributed by atoms with Crippen molar-refractivity contribution < 1.29 is 0 Å². The van der Waals surface area contributed by atoms with Crippen molar-refractivity contribution in [3.05, 3.63) is 79.4 Å². The molecule has 0 aliphatic carbocycles. The smallest absolute Gasteiger partial charge is 0.116 e. The second kappa shape index (κ2) is 6.77. The van der Waals surface area contributed by atoms with Crippen LogP contribution in [0.1, 0.15) is 0 Å². The lowest BCUT2D eigenvalue weighted by atomic mass is 10.0. The van der Waals surface area contributed by atoms with Crippen molar-refractivity contribution in [1.82, 2.24) is 30.1 Å². The molecule has 148 valence electrons. The van der Waals surface area contributed by atoms with Crippen molar-refractivity contribution in [2.75, 3.05) is 5.73 Å². The van der Waals surface area contributed by atoms with E-state index in [0.29, 0.717) is 5.69 Å². The van der Waals surface area contributed by atoms with Crippen LogP contribution in [0.15, 0.2) is 79.4 Å². The SMILES string of the molecule is Nc1cncc(-c2ccc3[nH]nc(-c4cc5c(-c6ccccn6)nccc5[nH]4)c3c2)c1. The molecule has 0 atom stereocenters. The molecule has 0 fully saturated rings. The van der Waals surface area contributed by atoms with E-state index in [2.05, 4.69) is 42.3 Å². The number of rotatable bonds is 3. The highest BCUT2D eigenvalue weighted by Crippen LogP contribution is 2.34. The molecule has 5 heterocycles. The predicted molar refractivity (Wildman–Crippen MR) is 122 cm³/mol. The normalized spacial score (nSPS) is 11.4. The molecule has 31 heavy (non-hydrogen) atoms. The van der Waals surface area contributed by atoms with Gasteiger partial charge in [0.15, 0.2) is 0 Å². The molecule has 0 saturated carbocycles. The first-order chi connectivity index (χ1) is 15.3. The third-order valence-corrected chi connectivity index (χ3v) is 5.37. The fourth-order valence-corrected chi connectivity index (χ4v) is 3.90. The zero-order valence-corrected chi connectivity index (χ0v) is 16.4. The lowest BCUT2D eigenvalue weighted by molar-refractivity contribution is 1.12. The Bertz CT molecular complexity index is 1550. The van der Waals surface area contributed by atoms with Crippen LogP contribution in [0, 0.1) is 0 Å². The second-order valence-electron chi connectivity index (χ2n) is 7.36. The lowest BCUT2D eigenvalue weighted by Gasteiger charge is -2.03. The number of nitrogens with two attached hydrogens (primary N) is 1. The van der Waals surface area contributed by atoms with Gasteiger partial charge in [0.1, 0.15) is 5.69 Å². The number of aromatic nitrogens is 6. The van der Waals surface area contributed by atoms with Gasteiger partial charge >= 0.3 is 0 Å². The van der Waals surface area contributed by atoms with E-state index in [1.54, 1.807) is 18.6 Å². The van der Waals surface area contributed by atoms with Gasteiger partial charge in [-0.2, -0.15) is 5.10 Å². The summed E-state index contributed by atoms with van der Waals surface area (Å²) in [5.74, 6) is 0. The maximum absolute atomic E-state index is 5.92. The first-order valence-corrected chi connectivity index (χ1v) is 9.85. The van der Waals surface area contributed by atoms with Gasteiger partial charge in [-0.15, -0.1) is 0 Å². The number of pyridine rings is 3. The van der Waals surface area contributed by atoms with Crippen molar-refractivity contribution in [3.8, 4) is 33.9 Å². The van der Waals surface area contributed by atoms with E-state index >= 15 is 0 Å². The van der Waals surface area contributed by atoms with Crippen LogP contribution in [0.3, 0.4) is 0 Å². The summed E-state index contributed by atoms with van der Waals surface area (Å²) in [7, 11) is 0. The molecule has 1 aromatic carbocycles. The van der Waals surface area contributed by atoms with E-state index in [0.717, 1.165) is 55.7 Å². The van der Waals surface area contributed by atoms with Crippen LogP contribution in [0.4, 0.5) is 5.69 Å². The molecule has 7 nitrogen and oxygen atoms in total. The molecule has 0 bridgehead atoms. The van der Waals surface area contributed by atoms with Gasteiger partial charge in [0.2, 0.25) is 0 Å². The van der Waals surface area contributed by atoms with Crippen molar-refractivity contribution in [3.63, 3.8) is 0 Å². The highest BCUT2D eigenvalue weighted by molar-refractivity contribution is 6.00. The van der Waals surface area contributed by atoms with Crippen LogP contribution in [-0.2, 0) is 0 Å². The molecule has 0 radical (unpaired) electrons. The number of nitrogens with one attached hydrogen (secondary N) is 2. The summed E-state index contributed by atoms with van der Waals surface area (Å²) < 4.78 is 0. The van der Waals surface area contributed by atoms with Gasteiger partial charge in [-0.1, -0.05) is 12.1 Å². The Morgan fingerprint density at radius 3 is 2.55 bits per heavy atom. The molecule has 0 spiro atoms. The van der Waals surface area contributed by atoms with Crippen molar-refractivity contribution in [2.24, 2.45) is 0 Å². The highest BCUT2D eigenvalue weighted by atomic mass is 15.1. The Balaban J connectivity index is 1.51. The predicted octanol–water partition coefficient (Wildman–Crippen LogP) is 4.81. The van der Waals surface area contributed by atoms with Gasteiger partial charge in [0.25, 0.3) is 0 Å². The highest BCUT2D eigenvalue weighted by Gasteiger charge is 2.15. The Morgan fingerprint density at radius 1 is 0.742 bits per heavy atom. The largest absolute Gasteiger partial charge is 0.397 e. The van der Waals surface area contributed by atoms with Crippen molar-refractivity contribution >= 4 is 27.5 Å². The fraction of sp³-hybridized carbons (Fsp3) is 0. The zero-order valence-electron chi connectivity index (χ0n) is 16.4. The van der Waals surface area contributed by atoms with Crippen LogP contribution in [0.2, 0.25) is 0 Å². The quantitative estimate of drug-likeness (QED) is 0.393. The van der Waals surface area contributed by atoms with Crippen LogP contribution >= 0.6 is 0 Å². The molecule has 0 aliphatic rings. The number of hydrogen-bond acceptors (Lipinski definition) is 5. The monoisotopic (exact) mass is 403 g/mol. The van der Waals surface area contributed by atoms with E-state index in [1.807, 2.05) is 48.7 Å². The molecule has 0 saturated heterocycles. The number of nitrogens with zero attached hydrogens (tertiary/aromatic N) is 4. The summed E-state index contributed by atoms with van der Waals surface area (Å²) in [6.07, 6.45) is 7.02. The Hall–Kier alpha value is -4.52. The van der Waals surface area contributed by atoms with Crippen LogP contribution in [-0.4, -0.2) is 30.1 Å². The summed E-state index contributed by atoms with van der Waals surface area (Å²) in [4.78, 5) is 16.7. The zero-order chi connectivity index (χ0) is 20.8. The Labute approximate surface area is 177 Å². The minimum Gasteiger partial charge on any atom is -0.397 e. The Kier molecular flexibility index (Phi) is 3.79. The molecule has 5 aromatic heterocycles. The first-order valence-electron chi connectivity index (χ1n) is 9.85. The average molecular weight is 403 g/mol. The van der Waals surface area contributed by atoms with E-state index in [4.69, 9.17) is 5.73 Å². The van der Waals surface area contributed by atoms with Gasteiger partial charge in [0, 0.05) is 46.6 Å². The van der Waals surface area contributed by atoms with Crippen LogP contribution in [0.25, 0.3) is 55.7 Å². The number of hydrogen-bond donors (Lipinski definition) is 3. The molecule has 6 rings (SSSR count). The average Bonchev–Trinajstić information content (AvgIpc) is 3.43. The summed E-state index contributed by atoms with van der Waals surface area (Å²) in [5.41, 5.74) is 13.9. The standard InChI is InChI=1S/C24H17N7/c25-16-9-15(12-26-13-16)14-4-5-20-17(10-14)24(31-30-20)22-11-18-19(29-22)6-8-28-23(18)21-3-1-2-7-27-21/h1-13,29H,25H2,(H,30,31). The molecule has 0 aliphatic heterocycles. The summed E-state index contributed by atoms with van der Waals surface area (Å²) >= 11 is 0. The number of benzene rings is 1. The number of H-pyrrole nitrogens is 2. The van der Waals surface area contributed by atoms with Gasteiger partial charge < -0.3 is 10.7 Å². The molecule has 0 amide bonds. The van der Waals surface area contributed by atoms with E-state index in [9.17, 15) is 0 Å². The number of fused-ring (bicyclic) bond motifs is 2. The number of aromatic amines is 2. The van der Waals surface area contributed by atoms with E-state index < -0.39 is 0 Å². The van der Waals surface area contributed by atoms with Crippen LogP contribution < -0.4 is 5.73 Å². The summed E-state index contributed by atoms with van der Waals surface area (Å²) in [6, 6.07) is 17.9. The Morgan fingerprint density at radius 2 is 1.68 bits per heavy atom. The minimum absolute atomic E-state index is 0.634. The van der Waals surface area contributed by atoms with Gasteiger partial charge in [-0.3, -0.25) is 20.1 Å². The molecular formula is C24H17N7. The molecular weight excluding hydrogens is 386 g/mol. The molecule has 7 heteroatoms. The van der Waals surface area contributed by atoms with Crippen LogP contribution in [0.5, 0.6) is 0 Å². The van der Waals surface area contributed by atoms with E-state index in [1.165, 1.54) is 0 Å². The maximum Gasteiger partial charge on any atom is 0.116 e. The second-order valence-corrected chi connectivity index (χ2v) is 7.36. The third-order valence-electron chi connectivity index (χ3n) is 5.37. The lowest BCUT2D eigenvalue weighted by Crippen LogP contribution is -1.87. The van der Waals surface area contributed by atoms with Crippen molar-refractivity contribution in [1.29, 1.82) is 0 Å². The van der Waals surface area contributed by atoms with Gasteiger partial charge in [-0.25, -0.2) is 0 Å². The first kappa shape index (κ1) is 17.3. The van der Waals surface area contributed by atoms with Gasteiger partial charge in [-0.05, 0) is 48.0 Å². The molecule has 0 unspecified atom stereocenters. The fourth-order valence-electron chi connectivity index (χ4n) is 3.90. The summed E-state index contributed by atoms with van der Waals surface area (Å²) in [5, 5.41) is 9.73. The van der Waals surface area contributed by atoms with E-state index in [-0.39, 0.29) is 0 Å². The van der Waals surface area contributed by atoms with Gasteiger partial charge in [0.05, 0.1) is 28.3 Å². The maximum atomic E-state index is 5.92.